The smallest absolute Gasteiger partial charge is 0.167 e. The number of aromatic nitrogens is 4. The van der Waals surface area contributed by atoms with Crippen LogP contribution < -0.4 is 5.32 Å². The van der Waals surface area contributed by atoms with Gasteiger partial charge in [-0.25, -0.2) is 15.0 Å². The van der Waals surface area contributed by atoms with Gasteiger partial charge in [-0.3, -0.25) is 4.57 Å². The Kier molecular flexibility index (Phi) is 5.09. The Morgan fingerprint density at radius 2 is 2.00 bits per heavy atom. The van der Waals surface area contributed by atoms with Crippen LogP contribution in [0.2, 0.25) is 0 Å². The van der Waals surface area contributed by atoms with Gasteiger partial charge in [0.05, 0.1) is 12.9 Å². The summed E-state index contributed by atoms with van der Waals surface area (Å²) in [5.41, 5.74) is 2.30. The van der Waals surface area contributed by atoms with Gasteiger partial charge in [-0.15, -0.1) is 11.3 Å². The van der Waals surface area contributed by atoms with Gasteiger partial charge in [-0.1, -0.05) is 18.2 Å². The molecule has 1 aliphatic rings. The van der Waals surface area contributed by atoms with E-state index >= 15 is 0 Å². The van der Waals surface area contributed by atoms with Crippen molar-refractivity contribution in [1.29, 1.82) is 0 Å². The van der Waals surface area contributed by atoms with Gasteiger partial charge in [-0.2, -0.15) is 0 Å². The van der Waals surface area contributed by atoms with Crippen molar-refractivity contribution < 1.29 is 20.1 Å². The third kappa shape index (κ3) is 3.22. The number of aliphatic hydroxyl groups excluding tert-OH is 3. The van der Waals surface area contributed by atoms with Gasteiger partial charge in [0, 0.05) is 11.2 Å². The lowest BCUT2D eigenvalue weighted by molar-refractivity contribution is -0.0511. The van der Waals surface area contributed by atoms with Gasteiger partial charge in [-0.05, 0) is 28.8 Å². The SMILES string of the molecule is OC[C@H]1O[C@@H](n2cnc3c(NCCc4csc5ccccc45)ncnc32)C(O)C1O. The molecule has 0 radical (unpaired) electrons. The Labute approximate surface area is 175 Å². The Morgan fingerprint density at radius 3 is 2.83 bits per heavy atom. The number of aliphatic hydroxyl groups is 3. The van der Waals surface area contributed by atoms with Crippen LogP contribution in [0.3, 0.4) is 0 Å². The first kappa shape index (κ1) is 19.3. The molecule has 30 heavy (non-hydrogen) atoms. The third-order valence-electron chi connectivity index (χ3n) is 5.40. The van der Waals surface area contributed by atoms with E-state index in [-0.39, 0.29) is 6.61 Å². The number of anilines is 1. The van der Waals surface area contributed by atoms with Crippen molar-refractivity contribution in [1.82, 2.24) is 19.5 Å². The number of thiophene rings is 1. The summed E-state index contributed by atoms with van der Waals surface area (Å²) in [7, 11) is 0. The molecule has 4 aromatic rings. The fourth-order valence-electron chi connectivity index (χ4n) is 3.82. The summed E-state index contributed by atoms with van der Waals surface area (Å²) < 4.78 is 8.42. The second-order valence-electron chi connectivity index (χ2n) is 7.21. The maximum Gasteiger partial charge on any atom is 0.167 e. The minimum atomic E-state index is -1.20. The molecule has 1 aliphatic heterocycles. The summed E-state index contributed by atoms with van der Waals surface area (Å²) in [4.78, 5) is 13.0. The molecule has 0 aliphatic carbocycles. The topological polar surface area (TPSA) is 126 Å². The molecule has 0 saturated carbocycles. The second kappa shape index (κ2) is 7.89. The number of fused-ring (bicyclic) bond motifs is 2. The maximum atomic E-state index is 10.3. The highest BCUT2D eigenvalue weighted by atomic mass is 32.1. The average Bonchev–Trinajstić information content (AvgIpc) is 3.45. The van der Waals surface area contributed by atoms with Crippen molar-refractivity contribution in [2.75, 3.05) is 18.5 Å². The van der Waals surface area contributed by atoms with E-state index in [0.29, 0.717) is 23.5 Å². The number of benzene rings is 1. The molecule has 3 aromatic heterocycles. The molecular weight excluding hydrogens is 406 g/mol. The first-order chi connectivity index (χ1) is 14.7. The number of nitrogens with one attached hydrogen (secondary N) is 1. The summed E-state index contributed by atoms with van der Waals surface area (Å²) in [6.07, 6.45) is -0.369. The van der Waals surface area contributed by atoms with Crippen molar-refractivity contribution in [3.63, 3.8) is 0 Å². The normalized spacial score (nSPS) is 24.1. The summed E-state index contributed by atoms with van der Waals surface area (Å²) >= 11 is 1.74. The lowest BCUT2D eigenvalue weighted by Crippen LogP contribution is -2.33. The fourth-order valence-corrected chi connectivity index (χ4v) is 4.82. The fraction of sp³-hybridized carbons (Fsp3) is 0.350. The Bertz CT molecular complexity index is 1180. The lowest BCUT2D eigenvalue weighted by atomic mass is 10.1. The van der Waals surface area contributed by atoms with Crippen LogP contribution in [-0.4, -0.2) is 66.3 Å². The van der Waals surface area contributed by atoms with Crippen LogP contribution >= 0.6 is 11.3 Å². The largest absolute Gasteiger partial charge is 0.394 e. The zero-order valence-electron chi connectivity index (χ0n) is 15.9. The Hall–Kier alpha value is -2.63. The molecule has 9 nitrogen and oxygen atoms in total. The van der Waals surface area contributed by atoms with Crippen molar-refractivity contribution in [3.8, 4) is 0 Å². The van der Waals surface area contributed by atoms with Gasteiger partial charge in [0.15, 0.2) is 23.2 Å². The summed E-state index contributed by atoms with van der Waals surface area (Å²) in [5.74, 6) is 0.588. The molecule has 0 bridgehead atoms. The van der Waals surface area contributed by atoms with Crippen LogP contribution in [0.4, 0.5) is 5.82 Å². The van der Waals surface area contributed by atoms with Crippen molar-refractivity contribution >= 4 is 38.4 Å². The first-order valence-electron chi connectivity index (χ1n) is 9.66. The molecule has 1 saturated heterocycles. The van der Waals surface area contributed by atoms with Gasteiger partial charge < -0.3 is 25.4 Å². The number of imidazole rings is 1. The molecule has 5 rings (SSSR count). The van der Waals surface area contributed by atoms with Crippen molar-refractivity contribution in [3.05, 3.63) is 47.9 Å². The summed E-state index contributed by atoms with van der Waals surface area (Å²) in [6.45, 7) is 0.286. The molecule has 0 amide bonds. The van der Waals surface area contributed by atoms with E-state index in [1.807, 2.05) is 12.1 Å². The molecule has 1 fully saturated rings. The quantitative estimate of drug-likeness (QED) is 0.363. The number of ether oxygens (including phenoxy) is 1. The van der Waals surface area contributed by atoms with Crippen LogP contribution in [-0.2, 0) is 11.2 Å². The van der Waals surface area contributed by atoms with Gasteiger partial charge in [0.1, 0.15) is 24.6 Å². The highest BCUT2D eigenvalue weighted by molar-refractivity contribution is 7.17. The van der Waals surface area contributed by atoms with Gasteiger partial charge in [0.2, 0.25) is 0 Å². The molecular formula is C20H21N5O4S. The molecule has 2 unspecified atom stereocenters. The van der Waals surface area contributed by atoms with E-state index in [1.54, 1.807) is 15.9 Å². The number of nitrogens with zero attached hydrogens (tertiary/aromatic N) is 4. The van der Waals surface area contributed by atoms with E-state index in [9.17, 15) is 15.3 Å². The van der Waals surface area contributed by atoms with Crippen molar-refractivity contribution in [2.24, 2.45) is 0 Å². The number of hydrogen-bond acceptors (Lipinski definition) is 9. The average molecular weight is 427 g/mol. The van der Waals surface area contributed by atoms with Gasteiger partial charge in [0.25, 0.3) is 0 Å². The number of rotatable bonds is 6. The van der Waals surface area contributed by atoms with E-state index in [1.165, 1.54) is 28.3 Å². The molecule has 0 spiro atoms. The Morgan fingerprint density at radius 1 is 1.13 bits per heavy atom. The molecule has 10 heteroatoms. The minimum absolute atomic E-state index is 0.388. The first-order valence-corrected chi connectivity index (χ1v) is 10.5. The standard InChI is InChI=1S/C20H21N5O4S/c26-7-13-16(27)17(28)20(29-13)25-10-24-15-18(22-9-23-19(15)25)21-6-5-11-8-30-14-4-2-1-3-12(11)14/h1-4,8-10,13,16-17,20,26-28H,5-7H2,(H,21,22,23)/t13-,16?,17?,20-/m1/s1. The van der Waals surface area contributed by atoms with Crippen LogP contribution in [0.25, 0.3) is 21.3 Å². The summed E-state index contributed by atoms with van der Waals surface area (Å²) in [6, 6.07) is 8.34. The van der Waals surface area contributed by atoms with E-state index in [4.69, 9.17) is 4.74 Å². The monoisotopic (exact) mass is 427 g/mol. The van der Waals surface area contributed by atoms with E-state index < -0.39 is 24.5 Å². The van der Waals surface area contributed by atoms with Crippen LogP contribution in [0, 0.1) is 0 Å². The predicted molar refractivity (Wildman–Crippen MR) is 112 cm³/mol. The van der Waals surface area contributed by atoms with Crippen LogP contribution in [0.1, 0.15) is 11.8 Å². The highest BCUT2D eigenvalue weighted by Gasteiger charge is 2.44. The summed E-state index contributed by atoms with van der Waals surface area (Å²) in [5, 5.41) is 36.4. The van der Waals surface area contributed by atoms with E-state index in [2.05, 4.69) is 37.8 Å². The van der Waals surface area contributed by atoms with Crippen LogP contribution in [0.5, 0.6) is 0 Å². The van der Waals surface area contributed by atoms with Gasteiger partial charge >= 0.3 is 0 Å². The van der Waals surface area contributed by atoms with E-state index in [0.717, 1.165) is 6.42 Å². The van der Waals surface area contributed by atoms with Crippen LogP contribution in [0.15, 0.2) is 42.3 Å². The molecule has 4 N–H and O–H groups in total. The molecule has 1 aromatic carbocycles. The third-order valence-corrected chi connectivity index (χ3v) is 6.41. The molecule has 4 atom stereocenters. The molecule has 4 heterocycles. The Balaban J connectivity index is 1.35. The zero-order chi connectivity index (χ0) is 20.7. The molecule has 156 valence electrons. The highest BCUT2D eigenvalue weighted by Crippen LogP contribution is 2.32. The second-order valence-corrected chi connectivity index (χ2v) is 8.12. The predicted octanol–water partition coefficient (Wildman–Crippen LogP) is 1.31. The zero-order valence-corrected chi connectivity index (χ0v) is 16.7. The number of hydrogen-bond donors (Lipinski definition) is 4. The lowest BCUT2D eigenvalue weighted by Gasteiger charge is -2.16. The maximum absolute atomic E-state index is 10.3. The van der Waals surface area contributed by atoms with Crippen molar-refractivity contribution in [2.45, 2.75) is 31.0 Å². The minimum Gasteiger partial charge on any atom is -0.394 e.